The minimum Gasteiger partial charge on any atom is -0.493 e. The molecule has 9 heterocycles. The average Bonchev–Trinajstić information content (AvgIpc) is 4.23. The Morgan fingerprint density at radius 1 is 0.603 bits per heavy atom. The van der Waals surface area contributed by atoms with Gasteiger partial charge in [0.15, 0.2) is 45.7 Å². The van der Waals surface area contributed by atoms with Gasteiger partial charge < -0.3 is 35.9 Å². The third-order valence-corrected chi connectivity index (χ3v) is 10.5. The highest BCUT2D eigenvalue weighted by Crippen LogP contribution is 2.21. The Balaban J connectivity index is 0.000000204. The molecule has 9 rings (SSSR count). The molecule has 0 saturated heterocycles. The molecular formula is C46H49Cl4N17O11. The number of rotatable bonds is 11. The van der Waals surface area contributed by atoms with Crippen LogP contribution in [0, 0.1) is 0 Å². The van der Waals surface area contributed by atoms with Crippen LogP contribution < -0.4 is 21.9 Å². The van der Waals surface area contributed by atoms with Crippen molar-refractivity contribution in [3.63, 3.8) is 0 Å². The molecule has 0 bridgehead atoms. The fourth-order valence-corrected chi connectivity index (χ4v) is 7.01. The molecule has 0 aromatic carbocycles. The molecule has 0 amide bonds. The van der Waals surface area contributed by atoms with Gasteiger partial charge in [-0.3, -0.25) is 38.7 Å². The molecule has 32 heteroatoms. The molecule has 9 aromatic heterocycles. The predicted molar refractivity (Wildman–Crippen MR) is 286 cm³/mol. The smallest absolute Gasteiger partial charge is 0.343 e. The van der Waals surface area contributed by atoms with Crippen molar-refractivity contribution in [3.05, 3.63) is 114 Å². The number of carbonyl (C=O) groups is 7. The van der Waals surface area contributed by atoms with E-state index in [1.165, 1.54) is 76.2 Å². The number of ketones is 5. The molecular weight excluding hydrogens is 1110 g/mol. The van der Waals surface area contributed by atoms with Gasteiger partial charge in [-0.1, -0.05) is 46.4 Å². The van der Waals surface area contributed by atoms with Crippen LogP contribution in [0.1, 0.15) is 107 Å². The third-order valence-electron chi connectivity index (χ3n) is 9.66. The molecule has 0 aliphatic carbocycles. The normalized spacial score (nSPS) is 10.3. The summed E-state index contributed by atoms with van der Waals surface area (Å²) in [6, 6.07) is 5.74. The van der Waals surface area contributed by atoms with E-state index in [-0.39, 0.29) is 69.0 Å². The second-order valence-corrected chi connectivity index (χ2v) is 16.9. The molecule has 0 aliphatic heterocycles. The van der Waals surface area contributed by atoms with Crippen LogP contribution in [-0.4, -0.2) is 142 Å². The molecule has 0 unspecified atom stereocenters. The summed E-state index contributed by atoms with van der Waals surface area (Å²) in [5.41, 5.74) is 8.32. The third kappa shape index (κ3) is 16.1. The largest absolute Gasteiger partial charge is 0.493 e. The first-order valence-electron chi connectivity index (χ1n) is 22.5. The topological polar surface area (TPSA) is 378 Å². The highest BCUT2D eigenvalue weighted by atomic mass is 35.5. The number of carbonyl (C=O) groups excluding carboxylic acids is 7. The fourth-order valence-electron chi connectivity index (χ4n) is 6.18. The lowest BCUT2D eigenvalue weighted by Gasteiger charge is -2.03. The number of nitrogen functional groups attached to an aromatic ring is 1. The maximum absolute atomic E-state index is 11.3. The van der Waals surface area contributed by atoms with Crippen molar-refractivity contribution in [1.82, 2.24) is 68.6 Å². The Labute approximate surface area is 460 Å². The predicted octanol–water partition coefficient (Wildman–Crippen LogP) is 6.12. The molecule has 0 spiro atoms. The number of Topliss-reactive ketones (excluding diaryl/α,β-unsaturated/α-hetero) is 5. The highest BCUT2D eigenvalue weighted by Gasteiger charge is 2.17. The summed E-state index contributed by atoms with van der Waals surface area (Å²) in [7, 11) is 3.50. The molecule has 0 radical (unpaired) electrons. The quantitative estimate of drug-likeness (QED) is 0.0367. The number of aromatic hydroxyl groups is 1. The van der Waals surface area contributed by atoms with Crippen molar-refractivity contribution in [2.45, 2.75) is 54.9 Å². The Bertz CT molecular complexity index is 3630. The van der Waals surface area contributed by atoms with E-state index in [4.69, 9.17) is 52.1 Å². The Kier molecular flexibility index (Phi) is 22.4. The van der Waals surface area contributed by atoms with Crippen LogP contribution in [0.25, 0.3) is 22.6 Å². The second-order valence-electron chi connectivity index (χ2n) is 15.3. The van der Waals surface area contributed by atoms with Gasteiger partial charge in [-0.15, -0.1) is 0 Å². The van der Waals surface area contributed by atoms with E-state index < -0.39 is 17.5 Å². The summed E-state index contributed by atoms with van der Waals surface area (Å²) in [5, 5.41) is 38.2. The number of aromatic amines is 2. The first kappa shape index (κ1) is 61.7. The number of halogens is 4. The summed E-state index contributed by atoms with van der Waals surface area (Å²) < 4.78 is 14.7. The maximum Gasteiger partial charge on any atom is 0.343 e. The zero-order chi connectivity index (χ0) is 58.1. The van der Waals surface area contributed by atoms with Crippen molar-refractivity contribution in [3.8, 4) is 5.88 Å². The number of nitrogens with zero attached hydrogens (tertiary/aromatic N) is 12. The summed E-state index contributed by atoms with van der Waals surface area (Å²) >= 11 is 23.2. The molecule has 7 N–H and O–H groups in total. The van der Waals surface area contributed by atoms with Gasteiger partial charge >= 0.3 is 11.9 Å². The van der Waals surface area contributed by atoms with Crippen LogP contribution >= 0.6 is 46.4 Å². The van der Waals surface area contributed by atoms with E-state index in [0.717, 1.165) is 10.6 Å². The number of fused-ring (bicyclic) bond motifs is 4. The van der Waals surface area contributed by atoms with Crippen molar-refractivity contribution < 1.29 is 48.1 Å². The van der Waals surface area contributed by atoms with Crippen molar-refractivity contribution in [2.24, 2.45) is 0 Å². The van der Waals surface area contributed by atoms with Crippen LogP contribution in [0.3, 0.4) is 0 Å². The Morgan fingerprint density at radius 3 is 1.44 bits per heavy atom. The van der Waals surface area contributed by atoms with Gasteiger partial charge in [0.1, 0.15) is 55.8 Å². The number of esters is 2. The summed E-state index contributed by atoms with van der Waals surface area (Å²) in [5.74, 6) is -0.220. The van der Waals surface area contributed by atoms with Gasteiger partial charge in [0.25, 0.3) is 5.56 Å². The molecule has 28 nitrogen and oxygen atoms in total. The number of ether oxygens (including phenoxy) is 2. The number of hydrogen-bond donors (Lipinski definition) is 6. The monoisotopic (exact) mass is 1160 g/mol. The van der Waals surface area contributed by atoms with E-state index >= 15 is 0 Å². The van der Waals surface area contributed by atoms with Crippen LogP contribution in [-0.2, 0) is 19.1 Å². The molecule has 9 aromatic rings. The number of H-pyrrole nitrogens is 2. The lowest BCUT2D eigenvalue weighted by atomic mass is 10.2. The first-order chi connectivity index (χ1) is 36.9. The first-order valence-corrected chi connectivity index (χ1v) is 24.0. The minimum absolute atomic E-state index is 0.0816. The van der Waals surface area contributed by atoms with Gasteiger partial charge in [0, 0.05) is 32.3 Å². The molecule has 412 valence electrons. The van der Waals surface area contributed by atoms with E-state index in [0.29, 0.717) is 73.9 Å². The minimum atomic E-state index is -0.474. The molecule has 0 atom stereocenters. The summed E-state index contributed by atoms with van der Waals surface area (Å²) in [6.45, 7) is 11.2. The SMILES string of the molecule is CC(=O)c1cnn2c(Cl)cc(Cl)nc12.CC(=O)c1cnn2c(O)cc(=O)[nH]c12.CCOC(=O)CC(C)=O.CCOC(=O)c1cn[nH]c1N.CNc1cc(Cl)nc2c(C(C)=O)cnn12.CNc1cc(Cl)nc2c(C(C)=O)cnn12. The Hall–Kier alpha value is -8.86. The highest BCUT2D eigenvalue weighted by molar-refractivity contribution is 6.33. The number of aromatic nitrogens is 14. The van der Waals surface area contributed by atoms with Crippen molar-refractivity contribution >= 4 is 127 Å². The number of anilines is 3. The van der Waals surface area contributed by atoms with Crippen LogP contribution in [0.15, 0.2) is 60.0 Å². The van der Waals surface area contributed by atoms with Crippen molar-refractivity contribution in [1.29, 1.82) is 0 Å². The maximum atomic E-state index is 11.3. The van der Waals surface area contributed by atoms with Gasteiger partial charge in [-0.05, 0) is 48.5 Å². The summed E-state index contributed by atoms with van der Waals surface area (Å²) in [4.78, 5) is 102. The van der Waals surface area contributed by atoms with Crippen LogP contribution in [0.4, 0.5) is 17.5 Å². The molecule has 0 saturated carbocycles. The van der Waals surface area contributed by atoms with Gasteiger partial charge in [-0.25, -0.2) is 24.3 Å². The fraction of sp³-hybridized carbons (Fsp3) is 0.261. The lowest BCUT2D eigenvalue weighted by Crippen LogP contribution is -2.08. The lowest BCUT2D eigenvalue weighted by molar-refractivity contribution is -0.145. The van der Waals surface area contributed by atoms with Crippen molar-refractivity contribution in [2.75, 3.05) is 43.7 Å². The van der Waals surface area contributed by atoms with E-state index in [1.54, 1.807) is 49.1 Å². The van der Waals surface area contributed by atoms with Gasteiger partial charge in [0.2, 0.25) is 5.88 Å². The average molecular weight is 1160 g/mol. The number of nitrogens with two attached hydrogens (primary N) is 1. The van der Waals surface area contributed by atoms with E-state index in [1.807, 2.05) is 0 Å². The second kappa shape index (κ2) is 28.3. The standard InChI is InChI=1S/2C9H9ClN4O.C8H5Cl2N3O.C8H7N3O3.C6H9N3O2.C6H10O3/c2*1-5(15)6-4-12-14-8(11-2)3-7(10)13-9(6)14;1-4(14)5-3-11-13-7(10)2-6(9)12-8(5)13;1-4(12)5-3-9-11-7(14)2-6(13)10-8(5)11;1-2-11-6(10)4-3-8-9-5(4)7;1-3-9-6(8)4-5(2)7/h2*3-4,11H,1-2H3;2-3H,1H3;2-3,14H,1H3,(H,10,13);3H,2H2,1H3,(H3,7,8,9);3-4H2,1-2H3. The Morgan fingerprint density at radius 2 is 1.03 bits per heavy atom. The number of nitrogens with one attached hydrogen (secondary N) is 4. The van der Waals surface area contributed by atoms with Gasteiger partial charge in [0.05, 0.1) is 72.5 Å². The molecule has 0 aliphatic rings. The van der Waals surface area contributed by atoms with E-state index in [2.05, 4.69) is 70.6 Å². The molecule has 78 heavy (non-hydrogen) atoms. The zero-order valence-electron chi connectivity index (χ0n) is 42.8. The van der Waals surface area contributed by atoms with Gasteiger partial charge in [-0.2, -0.15) is 39.0 Å². The molecule has 0 fully saturated rings. The zero-order valence-corrected chi connectivity index (χ0v) is 45.8. The number of hydrogen-bond acceptors (Lipinski definition) is 22. The van der Waals surface area contributed by atoms with Crippen LogP contribution in [0.5, 0.6) is 5.88 Å². The summed E-state index contributed by atoms with van der Waals surface area (Å²) in [6.07, 6.45) is 6.94. The van der Waals surface area contributed by atoms with E-state index in [9.17, 15) is 43.5 Å². The van der Waals surface area contributed by atoms with Crippen LogP contribution in [0.2, 0.25) is 20.6 Å².